The summed E-state index contributed by atoms with van der Waals surface area (Å²) in [4.78, 5) is 1.33. The SMILES string of the molecule is CC(NC1CCOC2(CCCCC2)C1)c1ccc(Cl)s1. The monoisotopic (exact) mass is 313 g/mol. The van der Waals surface area contributed by atoms with Crippen molar-refractivity contribution in [1.29, 1.82) is 0 Å². The first kappa shape index (κ1) is 14.8. The van der Waals surface area contributed by atoms with Crippen molar-refractivity contribution in [2.24, 2.45) is 0 Å². The second-order valence-corrected chi connectivity index (χ2v) is 8.06. The van der Waals surface area contributed by atoms with Crippen LogP contribution < -0.4 is 5.32 Å². The molecule has 20 heavy (non-hydrogen) atoms. The fourth-order valence-electron chi connectivity index (χ4n) is 3.71. The maximum atomic E-state index is 6.17. The number of hydrogen-bond acceptors (Lipinski definition) is 3. The van der Waals surface area contributed by atoms with Gasteiger partial charge in [0.2, 0.25) is 0 Å². The van der Waals surface area contributed by atoms with E-state index >= 15 is 0 Å². The Kier molecular flexibility index (Phi) is 4.71. The van der Waals surface area contributed by atoms with Crippen LogP contribution >= 0.6 is 22.9 Å². The predicted molar refractivity (Wildman–Crippen MR) is 85.7 cm³/mol. The highest BCUT2D eigenvalue weighted by atomic mass is 35.5. The van der Waals surface area contributed by atoms with Crippen molar-refractivity contribution < 1.29 is 4.74 Å². The molecule has 2 heterocycles. The van der Waals surface area contributed by atoms with E-state index in [0.717, 1.165) is 17.4 Å². The minimum atomic E-state index is 0.182. The summed E-state index contributed by atoms with van der Waals surface area (Å²) in [7, 11) is 0. The van der Waals surface area contributed by atoms with E-state index in [0.29, 0.717) is 12.1 Å². The Hall–Kier alpha value is -0.0900. The quantitative estimate of drug-likeness (QED) is 0.854. The largest absolute Gasteiger partial charge is 0.375 e. The maximum absolute atomic E-state index is 6.17. The van der Waals surface area contributed by atoms with Gasteiger partial charge in [-0.15, -0.1) is 11.3 Å². The number of hydrogen-bond donors (Lipinski definition) is 1. The van der Waals surface area contributed by atoms with Gasteiger partial charge in [-0.3, -0.25) is 0 Å². The molecule has 1 aliphatic heterocycles. The molecule has 4 heteroatoms. The molecule has 112 valence electrons. The highest BCUT2D eigenvalue weighted by Gasteiger charge is 2.38. The zero-order valence-corrected chi connectivity index (χ0v) is 13.7. The van der Waals surface area contributed by atoms with E-state index < -0.39 is 0 Å². The summed E-state index contributed by atoms with van der Waals surface area (Å²) in [5, 5.41) is 3.79. The van der Waals surface area contributed by atoms with Crippen molar-refractivity contribution >= 4 is 22.9 Å². The maximum Gasteiger partial charge on any atom is 0.0931 e. The average molecular weight is 314 g/mol. The Bertz CT molecular complexity index is 436. The zero-order valence-electron chi connectivity index (χ0n) is 12.2. The molecule has 2 nitrogen and oxygen atoms in total. The molecule has 1 saturated carbocycles. The van der Waals surface area contributed by atoms with Gasteiger partial charge < -0.3 is 10.1 Å². The Morgan fingerprint density at radius 3 is 2.85 bits per heavy atom. The highest BCUT2D eigenvalue weighted by Crippen LogP contribution is 2.39. The number of nitrogens with one attached hydrogen (secondary N) is 1. The third kappa shape index (κ3) is 3.38. The standard InChI is InChI=1S/C16H24ClNOS/c1-12(14-5-6-15(17)20-14)18-13-7-10-19-16(11-13)8-3-2-4-9-16/h5-6,12-13,18H,2-4,7-11H2,1H3. The molecule has 1 spiro atoms. The van der Waals surface area contributed by atoms with Crippen molar-refractivity contribution in [1.82, 2.24) is 5.32 Å². The van der Waals surface area contributed by atoms with Gasteiger partial charge in [0.15, 0.2) is 0 Å². The van der Waals surface area contributed by atoms with Crippen LogP contribution in [0.1, 0.15) is 62.8 Å². The molecule has 2 unspecified atom stereocenters. The lowest BCUT2D eigenvalue weighted by atomic mass is 9.78. The van der Waals surface area contributed by atoms with E-state index in [9.17, 15) is 0 Å². The summed E-state index contributed by atoms with van der Waals surface area (Å²) in [5.41, 5.74) is 0.182. The normalized spacial score (nSPS) is 27.6. The summed E-state index contributed by atoms with van der Waals surface area (Å²) in [6.07, 6.45) is 8.87. The van der Waals surface area contributed by atoms with Gasteiger partial charge in [-0.1, -0.05) is 30.9 Å². The minimum Gasteiger partial charge on any atom is -0.375 e. The zero-order chi connectivity index (χ0) is 14.0. The van der Waals surface area contributed by atoms with Crippen LogP contribution in [-0.4, -0.2) is 18.2 Å². The van der Waals surface area contributed by atoms with Crippen molar-refractivity contribution in [3.05, 3.63) is 21.3 Å². The Labute approximate surface area is 130 Å². The smallest absolute Gasteiger partial charge is 0.0931 e. The number of thiophene rings is 1. The third-order valence-corrected chi connectivity index (χ3v) is 6.18. The van der Waals surface area contributed by atoms with Gasteiger partial charge in [-0.05, 0) is 44.7 Å². The molecule has 1 aromatic rings. The van der Waals surface area contributed by atoms with E-state index in [4.69, 9.17) is 16.3 Å². The van der Waals surface area contributed by atoms with E-state index in [1.54, 1.807) is 11.3 Å². The van der Waals surface area contributed by atoms with Crippen LogP contribution in [0.15, 0.2) is 12.1 Å². The van der Waals surface area contributed by atoms with Crippen LogP contribution in [0.2, 0.25) is 4.34 Å². The number of halogens is 1. The van der Waals surface area contributed by atoms with E-state index in [1.165, 1.54) is 43.4 Å². The van der Waals surface area contributed by atoms with Gasteiger partial charge in [-0.25, -0.2) is 0 Å². The highest BCUT2D eigenvalue weighted by molar-refractivity contribution is 7.16. The second kappa shape index (κ2) is 6.35. The van der Waals surface area contributed by atoms with Crippen molar-refractivity contribution in [3.63, 3.8) is 0 Å². The number of ether oxygens (including phenoxy) is 1. The first-order chi connectivity index (χ1) is 9.67. The fraction of sp³-hybridized carbons (Fsp3) is 0.750. The lowest BCUT2D eigenvalue weighted by Gasteiger charge is -2.44. The lowest BCUT2D eigenvalue weighted by Crippen LogP contribution is -2.48. The average Bonchev–Trinajstić information content (AvgIpc) is 2.86. The van der Waals surface area contributed by atoms with Crippen LogP contribution in [0.4, 0.5) is 0 Å². The van der Waals surface area contributed by atoms with Crippen LogP contribution in [0.25, 0.3) is 0 Å². The number of rotatable bonds is 3. The van der Waals surface area contributed by atoms with Crippen molar-refractivity contribution in [3.8, 4) is 0 Å². The van der Waals surface area contributed by atoms with Gasteiger partial charge in [0.1, 0.15) is 0 Å². The lowest BCUT2D eigenvalue weighted by molar-refractivity contribution is -0.109. The third-order valence-electron chi connectivity index (χ3n) is 4.76. The summed E-state index contributed by atoms with van der Waals surface area (Å²) < 4.78 is 7.05. The summed E-state index contributed by atoms with van der Waals surface area (Å²) in [5.74, 6) is 0. The minimum absolute atomic E-state index is 0.182. The van der Waals surface area contributed by atoms with E-state index in [2.05, 4.69) is 18.3 Å². The molecule has 0 amide bonds. The molecule has 0 radical (unpaired) electrons. The molecule has 1 aromatic heterocycles. The Morgan fingerprint density at radius 1 is 1.35 bits per heavy atom. The summed E-state index contributed by atoms with van der Waals surface area (Å²) in [6.45, 7) is 3.15. The summed E-state index contributed by atoms with van der Waals surface area (Å²) in [6, 6.07) is 5.10. The van der Waals surface area contributed by atoms with Crippen molar-refractivity contribution in [2.75, 3.05) is 6.61 Å². The Morgan fingerprint density at radius 2 is 2.15 bits per heavy atom. The van der Waals surface area contributed by atoms with Gasteiger partial charge in [0.05, 0.1) is 9.94 Å². The van der Waals surface area contributed by atoms with E-state index in [-0.39, 0.29) is 5.60 Å². The van der Waals surface area contributed by atoms with Gasteiger partial charge in [0.25, 0.3) is 0 Å². The van der Waals surface area contributed by atoms with Gasteiger partial charge in [0, 0.05) is 23.6 Å². The molecule has 1 N–H and O–H groups in total. The topological polar surface area (TPSA) is 21.3 Å². The van der Waals surface area contributed by atoms with Crippen LogP contribution in [0.5, 0.6) is 0 Å². The molecule has 2 atom stereocenters. The van der Waals surface area contributed by atoms with Crippen LogP contribution in [0, 0.1) is 0 Å². The first-order valence-corrected chi connectivity index (χ1v) is 9.02. The fourth-order valence-corrected chi connectivity index (χ4v) is 4.78. The van der Waals surface area contributed by atoms with E-state index in [1.807, 2.05) is 6.07 Å². The Balaban J connectivity index is 1.59. The van der Waals surface area contributed by atoms with Gasteiger partial charge >= 0.3 is 0 Å². The molecular weight excluding hydrogens is 290 g/mol. The molecule has 3 rings (SSSR count). The summed E-state index contributed by atoms with van der Waals surface area (Å²) >= 11 is 7.72. The first-order valence-electron chi connectivity index (χ1n) is 7.82. The van der Waals surface area contributed by atoms with Crippen molar-refractivity contribution in [2.45, 2.75) is 69.6 Å². The molecule has 1 saturated heterocycles. The molecule has 0 bridgehead atoms. The molecule has 1 aliphatic carbocycles. The van der Waals surface area contributed by atoms with Gasteiger partial charge in [-0.2, -0.15) is 0 Å². The predicted octanol–water partition coefficient (Wildman–Crippen LogP) is 4.93. The molecule has 2 fully saturated rings. The molecule has 2 aliphatic rings. The second-order valence-electron chi connectivity index (χ2n) is 6.31. The molecule has 0 aromatic carbocycles. The van der Waals surface area contributed by atoms with Crippen LogP contribution in [-0.2, 0) is 4.74 Å². The molecular formula is C16H24ClNOS. The van der Waals surface area contributed by atoms with Crippen LogP contribution in [0.3, 0.4) is 0 Å².